The Balaban J connectivity index is 1.51. The molecule has 2 aromatic heterocycles. The first-order valence-corrected chi connectivity index (χ1v) is 13.2. The van der Waals surface area contributed by atoms with Crippen LogP contribution in [0.15, 0.2) is 35.7 Å². The van der Waals surface area contributed by atoms with Gasteiger partial charge in [-0.15, -0.1) is 11.3 Å². The van der Waals surface area contributed by atoms with Gasteiger partial charge in [-0.2, -0.15) is 4.37 Å². The van der Waals surface area contributed by atoms with E-state index in [2.05, 4.69) is 9.69 Å². The lowest BCUT2D eigenvalue weighted by Gasteiger charge is -2.30. The summed E-state index contributed by atoms with van der Waals surface area (Å²) in [5, 5.41) is 4.79. The van der Waals surface area contributed by atoms with E-state index in [1.165, 1.54) is 16.2 Å². The van der Waals surface area contributed by atoms with E-state index < -0.39 is 17.9 Å². The van der Waals surface area contributed by atoms with Gasteiger partial charge >= 0.3 is 0 Å². The summed E-state index contributed by atoms with van der Waals surface area (Å²) in [6.45, 7) is 1.16. The van der Waals surface area contributed by atoms with Crippen LogP contribution in [-0.2, 0) is 16.1 Å². The number of anilines is 1. The predicted molar refractivity (Wildman–Crippen MR) is 137 cm³/mol. The normalized spacial score (nSPS) is 16.9. The third kappa shape index (κ3) is 5.24. The Labute approximate surface area is 220 Å². The third-order valence-corrected chi connectivity index (χ3v) is 7.88. The molecule has 3 amide bonds. The van der Waals surface area contributed by atoms with E-state index in [0.29, 0.717) is 35.1 Å². The highest BCUT2D eigenvalue weighted by Crippen LogP contribution is 2.36. The topological polar surface area (TPSA) is 159 Å². The molecule has 0 spiro atoms. The van der Waals surface area contributed by atoms with Crippen LogP contribution < -0.4 is 26.3 Å². The van der Waals surface area contributed by atoms with Crippen molar-refractivity contribution in [2.24, 2.45) is 5.73 Å². The Hall–Kier alpha value is -3.68. The van der Waals surface area contributed by atoms with Gasteiger partial charge < -0.3 is 35.9 Å². The molecule has 1 saturated heterocycles. The number of nitrogens with two attached hydrogens (primary N) is 2. The van der Waals surface area contributed by atoms with Crippen molar-refractivity contribution in [2.45, 2.75) is 31.5 Å². The summed E-state index contributed by atoms with van der Waals surface area (Å²) in [6, 6.07) is 7.96. The molecule has 37 heavy (non-hydrogen) atoms. The lowest BCUT2D eigenvalue weighted by atomic mass is 10.1. The van der Waals surface area contributed by atoms with Crippen LogP contribution in [0, 0.1) is 0 Å². The number of rotatable bonds is 9. The zero-order valence-corrected chi connectivity index (χ0v) is 21.3. The van der Waals surface area contributed by atoms with Crippen LogP contribution >= 0.6 is 22.9 Å². The maximum atomic E-state index is 13.9. The molecule has 0 radical (unpaired) electrons. The van der Waals surface area contributed by atoms with E-state index in [-0.39, 0.29) is 41.6 Å². The van der Waals surface area contributed by atoms with Crippen molar-refractivity contribution >= 4 is 46.3 Å². The van der Waals surface area contributed by atoms with Gasteiger partial charge in [-0.1, -0.05) is 12.1 Å². The van der Waals surface area contributed by atoms with Gasteiger partial charge in [0.15, 0.2) is 17.2 Å². The molecule has 5 rings (SSSR count). The van der Waals surface area contributed by atoms with Crippen LogP contribution in [0.25, 0.3) is 0 Å². The zero-order valence-electron chi connectivity index (χ0n) is 19.7. The van der Waals surface area contributed by atoms with Gasteiger partial charge in [0.25, 0.3) is 11.8 Å². The van der Waals surface area contributed by atoms with E-state index in [1.807, 2.05) is 11.4 Å². The summed E-state index contributed by atoms with van der Waals surface area (Å²) in [7, 11) is 0. The summed E-state index contributed by atoms with van der Waals surface area (Å²) < 4.78 is 20.5. The predicted octanol–water partition coefficient (Wildman–Crippen LogP) is 2.29. The molecule has 0 saturated carbocycles. The minimum absolute atomic E-state index is 0.0306. The number of carbonyl (C=O) groups is 3. The molecule has 13 heteroatoms. The van der Waals surface area contributed by atoms with E-state index in [1.54, 1.807) is 24.3 Å². The quantitative estimate of drug-likeness (QED) is 0.371. The van der Waals surface area contributed by atoms with Gasteiger partial charge in [0, 0.05) is 24.6 Å². The van der Waals surface area contributed by atoms with E-state index >= 15 is 0 Å². The van der Waals surface area contributed by atoms with Crippen LogP contribution in [0.3, 0.4) is 0 Å². The molecule has 4 heterocycles. The molecule has 2 aliphatic rings. The van der Waals surface area contributed by atoms with Gasteiger partial charge in [0.05, 0.1) is 11.8 Å². The molecule has 1 aromatic carbocycles. The largest absolute Gasteiger partial charge is 0.454 e. The monoisotopic (exact) mass is 543 g/mol. The van der Waals surface area contributed by atoms with E-state index in [9.17, 15) is 14.4 Å². The number of nitrogens with one attached hydrogen (secondary N) is 1. The first-order chi connectivity index (χ1) is 17.9. The van der Waals surface area contributed by atoms with Crippen LogP contribution in [0.4, 0.5) is 5.69 Å². The van der Waals surface area contributed by atoms with Crippen molar-refractivity contribution in [1.82, 2.24) is 14.6 Å². The SMILES string of the molecule is NC(=O)c1nsc(C(=O)N(Cc2ccc3c(c2)OCO3)C(C(=O)NCC2CCCO2)c2cccs2)c1N. The Morgan fingerprint density at radius 2 is 2.05 bits per heavy atom. The minimum atomic E-state index is -0.974. The summed E-state index contributed by atoms with van der Waals surface area (Å²) in [4.78, 5) is 41.4. The molecule has 0 bridgehead atoms. The van der Waals surface area contributed by atoms with E-state index in [0.717, 1.165) is 24.4 Å². The second-order valence-corrected chi connectivity index (χ2v) is 10.3. The number of amides is 3. The molecule has 2 aliphatic heterocycles. The molecule has 5 N–H and O–H groups in total. The molecule has 2 atom stereocenters. The fraction of sp³-hybridized carbons (Fsp3) is 0.333. The van der Waals surface area contributed by atoms with Gasteiger partial charge in [-0.05, 0) is 53.5 Å². The molecule has 11 nitrogen and oxygen atoms in total. The summed E-state index contributed by atoms with van der Waals surface area (Å²) in [5.74, 6) is -0.590. The average Bonchev–Trinajstić information content (AvgIpc) is 3.69. The van der Waals surface area contributed by atoms with Crippen molar-refractivity contribution in [2.75, 3.05) is 25.7 Å². The Morgan fingerprint density at radius 3 is 2.76 bits per heavy atom. The number of carbonyl (C=O) groups excluding carboxylic acids is 3. The molecular weight excluding hydrogens is 518 g/mol. The highest BCUT2D eigenvalue weighted by molar-refractivity contribution is 7.10. The highest BCUT2D eigenvalue weighted by Gasteiger charge is 2.36. The fourth-order valence-corrected chi connectivity index (χ4v) is 5.86. The van der Waals surface area contributed by atoms with Crippen LogP contribution in [0.2, 0.25) is 0 Å². The maximum absolute atomic E-state index is 13.9. The maximum Gasteiger partial charge on any atom is 0.270 e. The highest BCUT2D eigenvalue weighted by atomic mass is 32.1. The molecule has 1 fully saturated rings. The van der Waals surface area contributed by atoms with Crippen LogP contribution in [0.5, 0.6) is 11.5 Å². The number of nitrogens with zero attached hydrogens (tertiary/aromatic N) is 2. The number of nitrogen functional groups attached to an aromatic ring is 1. The van der Waals surface area contributed by atoms with Crippen molar-refractivity contribution in [1.29, 1.82) is 0 Å². The lowest BCUT2D eigenvalue weighted by Crippen LogP contribution is -2.44. The van der Waals surface area contributed by atoms with Crippen molar-refractivity contribution < 1.29 is 28.6 Å². The molecule has 0 aliphatic carbocycles. The third-order valence-electron chi connectivity index (χ3n) is 6.11. The molecule has 3 aromatic rings. The first kappa shape index (κ1) is 25.0. The average molecular weight is 544 g/mol. The van der Waals surface area contributed by atoms with Crippen LogP contribution in [0.1, 0.15) is 49.5 Å². The number of primary amides is 1. The van der Waals surface area contributed by atoms with Gasteiger partial charge in [0.1, 0.15) is 10.9 Å². The Morgan fingerprint density at radius 1 is 1.22 bits per heavy atom. The summed E-state index contributed by atoms with van der Waals surface area (Å²) in [5.41, 5.74) is 11.9. The Kier molecular flexibility index (Phi) is 7.26. The van der Waals surface area contributed by atoms with Crippen molar-refractivity contribution in [3.8, 4) is 11.5 Å². The number of hydrogen-bond donors (Lipinski definition) is 3. The number of aromatic nitrogens is 1. The second-order valence-electron chi connectivity index (χ2n) is 8.56. The minimum Gasteiger partial charge on any atom is -0.454 e. The molecular formula is C24H25N5O6S2. The number of ether oxygens (including phenoxy) is 3. The standard InChI is InChI=1S/C24H25N5O6S2/c25-18-19(22(26)30)28-37-21(18)24(32)29(11-13-5-6-15-16(9-13)35-12-34-15)20(17-4-2-8-36-17)23(31)27-10-14-3-1-7-33-14/h2,4-6,8-9,14,20H,1,3,7,10-12,25H2,(H2,26,30)(H,27,31). The number of benzene rings is 1. The number of fused-ring (bicyclic) bond motifs is 1. The first-order valence-electron chi connectivity index (χ1n) is 11.6. The van der Waals surface area contributed by atoms with Crippen molar-refractivity contribution in [3.05, 3.63) is 56.7 Å². The number of thiophene rings is 1. The van der Waals surface area contributed by atoms with Crippen molar-refractivity contribution in [3.63, 3.8) is 0 Å². The van der Waals surface area contributed by atoms with Gasteiger partial charge in [-0.3, -0.25) is 14.4 Å². The van der Waals surface area contributed by atoms with E-state index in [4.69, 9.17) is 25.7 Å². The lowest BCUT2D eigenvalue weighted by molar-refractivity contribution is -0.126. The second kappa shape index (κ2) is 10.7. The summed E-state index contributed by atoms with van der Waals surface area (Å²) >= 11 is 2.13. The fourth-order valence-electron chi connectivity index (χ4n) is 4.26. The van der Waals surface area contributed by atoms with Gasteiger partial charge in [-0.25, -0.2) is 0 Å². The zero-order chi connectivity index (χ0) is 25.9. The number of hydrogen-bond acceptors (Lipinski definition) is 10. The summed E-state index contributed by atoms with van der Waals surface area (Å²) in [6.07, 6.45) is 1.73. The molecule has 2 unspecified atom stereocenters. The smallest absolute Gasteiger partial charge is 0.270 e. The molecule has 194 valence electrons. The Bertz CT molecular complexity index is 1300. The van der Waals surface area contributed by atoms with Crippen LogP contribution in [-0.4, -0.2) is 53.0 Å². The van der Waals surface area contributed by atoms with Gasteiger partial charge in [0.2, 0.25) is 12.7 Å².